The first-order valence-corrected chi connectivity index (χ1v) is 5.53. The van der Waals surface area contributed by atoms with E-state index in [1.165, 1.54) is 25.7 Å². The summed E-state index contributed by atoms with van der Waals surface area (Å²) >= 11 is 0. The van der Waals surface area contributed by atoms with E-state index in [-0.39, 0.29) is 0 Å². The maximum Gasteiger partial charge on any atom is 0.0710 e. The van der Waals surface area contributed by atoms with Crippen LogP contribution in [-0.2, 0) is 0 Å². The molecule has 0 radical (unpaired) electrons. The van der Waals surface area contributed by atoms with Gasteiger partial charge in [0.15, 0.2) is 0 Å². The smallest absolute Gasteiger partial charge is 0.0710 e. The van der Waals surface area contributed by atoms with E-state index in [1.807, 2.05) is 21.6 Å². The molecule has 0 spiro atoms. The number of hydrogen-bond acceptors (Lipinski definition) is 2. The lowest BCUT2D eigenvalue weighted by molar-refractivity contribution is 0.700. The highest BCUT2D eigenvalue weighted by molar-refractivity contribution is 8.92. The van der Waals surface area contributed by atoms with E-state index in [0.717, 1.165) is 4.58 Å². The first kappa shape index (κ1) is 6.81. The summed E-state index contributed by atoms with van der Waals surface area (Å²) in [5.74, 6) is 0. The highest BCUT2D eigenvalue weighted by atomic mass is 33.2. The molecular weight excluding hydrogens is 136 g/mol. The van der Waals surface area contributed by atoms with Gasteiger partial charge in [0.2, 0.25) is 0 Å². The number of rotatable bonds is 4. The third kappa shape index (κ3) is 2.88. The Bertz CT molecular complexity index is 59.5. The van der Waals surface area contributed by atoms with Crippen molar-refractivity contribution >= 4 is 21.6 Å². The lowest BCUT2D eigenvalue weighted by Gasteiger charge is -1.90. The van der Waals surface area contributed by atoms with Crippen LogP contribution >= 0.6 is 21.6 Å². The monoisotopic (exact) mass is 148 g/mol. The van der Waals surface area contributed by atoms with Gasteiger partial charge in [-0.3, -0.25) is 0 Å². The summed E-state index contributed by atoms with van der Waals surface area (Å²) in [6, 6.07) is 0. The molecule has 0 amide bonds. The van der Waals surface area contributed by atoms with Crippen molar-refractivity contribution in [1.82, 2.24) is 0 Å². The van der Waals surface area contributed by atoms with Crippen LogP contribution in [-0.4, -0.2) is 4.58 Å². The average Bonchev–Trinajstić information content (AvgIpc) is 2.51. The third-order valence-corrected chi connectivity index (χ3v) is 3.61. The number of hydrogen-bond donors (Lipinski definition) is 0. The van der Waals surface area contributed by atoms with Gasteiger partial charge in [0.05, 0.1) is 4.58 Å². The zero-order valence-electron chi connectivity index (χ0n) is 5.22. The molecule has 1 rings (SSSR count). The van der Waals surface area contributed by atoms with Gasteiger partial charge in [-0.1, -0.05) is 47.8 Å². The molecule has 0 nitrogen and oxygen atoms in total. The fraction of sp³-hybridized carbons (Fsp3) is 1.00. The minimum absolute atomic E-state index is 0.988. The van der Waals surface area contributed by atoms with Crippen molar-refractivity contribution < 1.29 is 0 Å². The largest absolute Gasteiger partial charge is 0.0777 e. The standard InChI is InChI=1S/C6H12S2/c1-2-3-4-5-6-7-8-6/h6H,2-5H2,1H3. The summed E-state index contributed by atoms with van der Waals surface area (Å²) in [5.41, 5.74) is 0. The Morgan fingerprint density at radius 3 is 2.50 bits per heavy atom. The minimum atomic E-state index is 0.988. The minimum Gasteiger partial charge on any atom is -0.0777 e. The molecule has 1 saturated heterocycles. The van der Waals surface area contributed by atoms with Crippen molar-refractivity contribution in [2.24, 2.45) is 0 Å². The van der Waals surface area contributed by atoms with Crippen molar-refractivity contribution in [3.05, 3.63) is 0 Å². The molecule has 0 aliphatic carbocycles. The SMILES string of the molecule is CCCCCC1SS1. The van der Waals surface area contributed by atoms with Crippen LogP contribution in [0.25, 0.3) is 0 Å². The molecule has 2 heteroatoms. The predicted molar refractivity (Wildman–Crippen MR) is 43.1 cm³/mol. The molecule has 1 fully saturated rings. The Hall–Kier alpha value is 0.700. The van der Waals surface area contributed by atoms with Crippen LogP contribution in [0.4, 0.5) is 0 Å². The Balaban J connectivity index is 1.74. The van der Waals surface area contributed by atoms with Crippen molar-refractivity contribution in [3.63, 3.8) is 0 Å². The molecule has 0 aromatic heterocycles. The molecule has 0 N–H and O–H groups in total. The van der Waals surface area contributed by atoms with E-state index in [1.54, 1.807) is 0 Å². The number of unbranched alkanes of at least 4 members (excludes halogenated alkanes) is 2. The van der Waals surface area contributed by atoms with Crippen molar-refractivity contribution in [2.75, 3.05) is 0 Å². The Morgan fingerprint density at radius 1 is 1.25 bits per heavy atom. The Labute approximate surface area is 59.2 Å². The molecule has 1 aliphatic rings. The third-order valence-electron chi connectivity index (χ3n) is 1.28. The fourth-order valence-electron chi connectivity index (χ4n) is 0.697. The topological polar surface area (TPSA) is 0 Å². The van der Waals surface area contributed by atoms with E-state index in [9.17, 15) is 0 Å². The molecule has 1 heterocycles. The Morgan fingerprint density at radius 2 is 2.00 bits per heavy atom. The molecule has 48 valence electrons. The quantitative estimate of drug-likeness (QED) is 0.341. The molecule has 0 aromatic carbocycles. The fourth-order valence-corrected chi connectivity index (χ4v) is 2.11. The molecular formula is C6H12S2. The van der Waals surface area contributed by atoms with Crippen molar-refractivity contribution in [3.8, 4) is 0 Å². The first-order valence-electron chi connectivity index (χ1n) is 3.25. The second-order valence-electron chi connectivity index (χ2n) is 2.12. The van der Waals surface area contributed by atoms with Crippen LogP contribution in [0.5, 0.6) is 0 Å². The summed E-state index contributed by atoms with van der Waals surface area (Å²) in [7, 11) is 4.07. The predicted octanol–water partition coefficient (Wildman–Crippen LogP) is 3.29. The molecule has 0 atom stereocenters. The van der Waals surface area contributed by atoms with E-state index < -0.39 is 0 Å². The van der Waals surface area contributed by atoms with Gasteiger partial charge in [-0.05, 0) is 6.42 Å². The molecule has 0 unspecified atom stereocenters. The second kappa shape index (κ2) is 3.67. The summed E-state index contributed by atoms with van der Waals surface area (Å²) in [5, 5.41) is 0. The lowest BCUT2D eigenvalue weighted by atomic mass is 10.2. The van der Waals surface area contributed by atoms with E-state index in [2.05, 4.69) is 6.92 Å². The molecule has 1 aliphatic heterocycles. The van der Waals surface area contributed by atoms with Gasteiger partial charge < -0.3 is 0 Å². The van der Waals surface area contributed by atoms with Crippen LogP contribution < -0.4 is 0 Å². The lowest BCUT2D eigenvalue weighted by Crippen LogP contribution is -1.78. The van der Waals surface area contributed by atoms with Crippen LogP contribution in [0.3, 0.4) is 0 Å². The maximum absolute atomic E-state index is 2.26. The first-order chi connectivity index (χ1) is 3.93. The van der Waals surface area contributed by atoms with E-state index in [4.69, 9.17) is 0 Å². The summed E-state index contributed by atoms with van der Waals surface area (Å²) < 4.78 is 0.988. The average molecular weight is 148 g/mol. The van der Waals surface area contributed by atoms with Gasteiger partial charge in [0, 0.05) is 0 Å². The van der Waals surface area contributed by atoms with Gasteiger partial charge >= 0.3 is 0 Å². The van der Waals surface area contributed by atoms with E-state index in [0.29, 0.717) is 0 Å². The normalized spacial score (nSPS) is 19.1. The van der Waals surface area contributed by atoms with Crippen LogP contribution in [0.15, 0.2) is 0 Å². The molecule has 0 aromatic rings. The summed E-state index contributed by atoms with van der Waals surface area (Å²) in [4.78, 5) is 0. The van der Waals surface area contributed by atoms with Crippen LogP contribution in [0.1, 0.15) is 32.6 Å². The van der Waals surface area contributed by atoms with Crippen molar-refractivity contribution in [2.45, 2.75) is 37.2 Å². The zero-order chi connectivity index (χ0) is 5.82. The van der Waals surface area contributed by atoms with Crippen LogP contribution in [0, 0.1) is 0 Å². The molecule has 0 bridgehead atoms. The second-order valence-corrected chi connectivity index (χ2v) is 5.09. The van der Waals surface area contributed by atoms with Crippen molar-refractivity contribution in [1.29, 1.82) is 0 Å². The van der Waals surface area contributed by atoms with Gasteiger partial charge in [0.25, 0.3) is 0 Å². The van der Waals surface area contributed by atoms with Gasteiger partial charge in [-0.2, -0.15) is 0 Å². The van der Waals surface area contributed by atoms with Gasteiger partial charge in [-0.25, -0.2) is 0 Å². The highest BCUT2D eigenvalue weighted by Gasteiger charge is 2.22. The molecule has 0 saturated carbocycles. The molecule has 8 heavy (non-hydrogen) atoms. The van der Waals surface area contributed by atoms with Gasteiger partial charge in [0.1, 0.15) is 0 Å². The summed E-state index contributed by atoms with van der Waals surface area (Å²) in [6.45, 7) is 2.26. The van der Waals surface area contributed by atoms with Gasteiger partial charge in [-0.15, -0.1) is 0 Å². The Kier molecular flexibility index (Phi) is 3.13. The van der Waals surface area contributed by atoms with E-state index >= 15 is 0 Å². The zero-order valence-corrected chi connectivity index (χ0v) is 6.86. The maximum atomic E-state index is 2.26. The van der Waals surface area contributed by atoms with Crippen LogP contribution in [0.2, 0.25) is 0 Å². The summed E-state index contributed by atoms with van der Waals surface area (Å²) in [6.07, 6.45) is 5.68. The highest BCUT2D eigenvalue weighted by Crippen LogP contribution is 2.55.